The second-order valence-electron chi connectivity index (χ2n) is 5.13. The van der Waals surface area contributed by atoms with Crippen LogP contribution in [0.4, 0.5) is 0 Å². The van der Waals surface area contributed by atoms with E-state index in [1.54, 1.807) is 14.2 Å². The molecule has 0 aromatic rings. The first-order valence-corrected chi connectivity index (χ1v) is 6.33. The lowest BCUT2D eigenvalue weighted by molar-refractivity contribution is -0.139. The summed E-state index contributed by atoms with van der Waals surface area (Å²) in [6.07, 6.45) is 1.00. The van der Waals surface area contributed by atoms with Crippen molar-refractivity contribution in [3.05, 3.63) is 0 Å². The molecule has 4 atom stereocenters. The van der Waals surface area contributed by atoms with Crippen molar-refractivity contribution >= 4 is 5.91 Å². The molecule has 1 saturated heterocycles. The first-order valence-electron chi connectivity index (χ1n) is 6.33. The van der Waals surface area contributed by atoms with Gasteiger partial charge in [0.25, 0.3) is 0 Å². The van der Waals surface area contributed by atoms with Crippen LogP contribution in [0.15, 0.2) is 0 Å². The van der Waals surface area contributed by atoms with E-state index in [2.05, 4.69) is 6.92 Å². The highest BCUT2D eigenvalue weighted by atomic mass is 16.5. The van der Waals surface area contributed by atoms with Crippen molar-refractivity contribution < 1.29 is 14.3 Å². The smallest absolute Gasteiger partial charge is 0.228 e. The van der Waals surface area contributed by atoms with Crippen molar-refractivity contribution in [3.8, 4) is 0 Å². The van der Waals surface area contributed by atoms with Crippen LogP contribution in [0.3, 0.4) is 0 Å². The zero-order chi connectivity index (χ0) is 13.0. The minimum Gasteiger partial charge on any atom is -0.384 e. The number of hydrogen-bond donors (Lipinski definition) is 0. The van der Waals surface area contributed by atoms with Crippen LogP contribution < -0.4 is 0 Å². The van der Waals surface area contributed by atoms with Crippen LogP contribution >= 0.6 is 0 Å². The monoisotopic (exact) mass is 243 g/mol. The molecule has 0 bridgehead atoms. The van der Waals surface area contributed by atoms with E-state index in [0.717, 1.165) is 19.6 Å². The Hall–Kier alpha value is -0.610. The molecule has 0 spiro atoms. The SMILES string of the molecule is COCC1C[C@@H](C)N(C(=O)C(C)C(C)OC)C1. The highest BCUT2D eigenvalue weighted by molar-refractivity contribution is 5.79. The summed E-state index contributed by atoms with van der Waals surface area (Å²) in [4.78, 5) is 14.3. The van der Waals surface area contributed by atoms with Crippen LogP contribution in [0.25, 0.3) is 0 Å². The average molecular weight is 243 g/mol. The highest BCUT2D eigenvalue weighted by Gasteiger charge is 2.35. The molecule has 0 saturated carbocycles. The van der Waals surface area contributed by atoms with E-state index in [0.29, 0.717) is 12.0 Å². The van der Waals surface area contributed by atoms with Crippen molar-refractivity contribution in [1.82, 2.24) is 4.90 Å². The summed E-state index contributed by atoms with van der Waals surface area (Å²) >= 11 is 0. The van der Waals surface area contributed by atoms with Gasteiger partial charge in [0, 0.05) is 32.7 Å². The molecule has 0 aromatic carbocycles. The molecule has 1 fully saturated rings. The van der Waals surface area contributed by atoms with E-state index < -0.39 is 0 Å². The van der Waals surface area contributed by atoms with Crippen molar-refractivity contribution in [2.24, 2.45) is 11.8 Å². The second-order valence-corrected chi connectivity index (χ2v) is 5.13. The number of likely N-dealkylation sites (tertiary alicyclic amines) is 1. The Labute approximate surface area is 104 Å². The minimum atomic E-state index is -0.0799. The second kappa shape index (κ2) is 6.36. The molecule has 17 heavy (non-hydrogen) atoms. The molecule has 4 nitrogen and oxygen atoms in total. The Morgan fingerprint density at radius 1 is 1.41 bits per heavy atom. The van der Waals surface area contributed by atoms with Crippen LogP contribution in [0.1, 0.15) is 27.2 Å². The van der Waals surface area contributed by atoms with Crippen LogP contribution in [-0.4, -0.2) is 50.3 Å². The van der Waals surface area contributed by atoms with Crippen molar-refractivity contribution in [2.45, 2.75) is 39.3 Å². The number of amides is 1. The predicted molar refractivity (Wildman–Crippen MR) is 66.8 cm³/mol. The van der Waals surface area contributed by atoms with Gasteiger partial charge in [0.05, 0.1) is 18.6 Å². The van der Waals surface area contributed by atoms with Crippen LogP contribution in [0.5, 0.6) is 0 Å². The lowest BCUT2D eigenvalue weighted by Crippen LogP contribution is -2.41. The van der Waals surface area contributed by atoms with Gasteiger partial charge in [0.1, 0.15) is 0 Å². The Bertz CT molecular complexity index is 257. The minimum absolute atomic E-state index is 0.0313. The number of carbonyl (C=O) groups is 1. The summed E-state index contributed by atoms with van der Waals surface area (Å²) in [6.45, 7) is 7.54. The third-order valence-electron chi connectivity index (χ3n) is 3.81. The third-order valence-corrected chi connectivity index (χ3v) is 3.81. The van der Waals surface area contributed by atoms with Gasteiger partial charge in [-0.1, -0.05) is 6.92 Å². The van der Waals surface area contributed by atoms with E-state index in [1.807, 2.05) is 18.7 Å². The van der Waals surface area contributed by atoms with Gasteiger partial charge in [-0.25, -0.2) is 0 Å². The summed E-state index contributed by atoms with van der Waals surface area (Å²) in [6, 6.07) is 0.314. The van der Waals surface area contributed by atoms with E-state index >= 15 is 0 Å². The fourth-order valence-corrected chi connectivity index (χ4v) is 2.47. The van der Waals surface area contributed by atoms with Gasteiger partial charge >= 0.3 is 0 Å². The maximum atomic E-state index is 12.3. The van der Waals surface area contributed by atoms with E-state index in [9.17, 15) is 4.79 Å². The largest absolute Gasteiger partial charge is 0.384 e. The van der Waals surface area contributed by atoms with E-state index in [4.69, 9.17) is 9.47 Å². The van der Waals surface area contributed by atoms with E-state index in [-0.39, 0.29) is 17.9 Å². The maximum Gasteiger partial charge on any atom is 0.228 e. The number of ether oxygens (including phenoxy) is 2. The fraction of sp³-hybridized carbons (Fsp3) is 0.923. The van der Waals surface area contributed by atoms with Crippen LogP contribution in [0.2, 0.25) is 0 Å². The summed E-state index contributed by atoms with van der Waals surface area (Å²) in [5.41, 5.74) is 0. The Morgan fingerprint density at radius 3 is 2.59 bits per heavy atom. The number of hydrogen-bond acceptors (Lipinski definition) is 3. The Balaban J connectivity index is 2.58. The highest BCUT2D eigenvalue weighted by Crippen LogP contribution is 2.25. The summed E-state index contributed by atoms with van der Waals surface area (Å²) in [7, 11) is 3.36. The lowest BCUT2D eigenvalue weighted by Gasteiger charge is -2.27. The topological polar surface area (TPSA) is 38.8 Å². The average Bonchev–Trinajstić information content (AvgIpc) is 2.68. The molecule has 0 aromatic heterocycles. The number of methoxy groups -OCH3 is 2. The van der Waals surface area contributed by atoms with Gasteiger partial charge < -0.3 is 14.4 Å². The summed E-state index contributed by atoms with van der Waals surface area (Å²) in [5.74, 6) is 0.596. The molecular weight excluding hydrogens is 218 g/mol. The Morgan fingerprint density at radius 2 is 2.06 bits per heavy atom. The van der Waals surface area contributed by atoms with Gasteiger partial charge in [0.2, 0.25) is 5.91 Å². The quantitative estimate of drug-likeness (QED) is 0.735. The summed E-state index contributed by atoms with van der Waals surface area (Å²) in [5, 5.41) is 0. The normalized spacial score (nSPS) is 28.2. The standard InChI is InChI=1S/C13H25NO3/c1-9-6-12(8-16-4)7-14(9)13(15)10(2)11(3)17-5/h9-12H,6-8H2,1-5H3/t9-,10?,11?,12?/m1/s1. The molecular formula is C13H25NO3. The first-order chi connectivity index (χ1) is 8.01. The van der Waals surface area contributed by atoms with Gasteiger partial charge in [-0.2, -0.15) is 0 Å². The van der Waals surface area contributed by atoms with Crippen molar-refractivity contribution in [3.63, 3.8) is 0 Å². The molecule has 100 valence electrons. The van der Waals surface area contributed by atoms with Gasteiger partial charge in [-0.15, -0.1) is 0 Å². The number of nitrogens with zero attached hydrogens (tertiary/aromatic N) is 1. The molecule has 4 heteroatoms. The molecule has 1 heterocycles. The molecule has 1 aliphatic heterocycles. The number of carbonyl (C=O) groups excluding carboxylic acids is 1. The van der Waals surface area contributed by atoms with E-state index in [1.165, 1.54) is 0 Å². The van der Waals surface area contributed by atoms with Crippen LogP contribution in [0, 0.1) is 11.8 Å². The first kappa shape index (κ1) is 14.5. The molecule has 3 unspecified atom stereocenters. The molecule has 0 radical (unpaired) electrons. The van der Waals surface area contributed by atoms with Crippen LogP contribution in [-0.2, 0) is 14.3 Å². The van der Waals surface area contributed by atoms with Crippen molar-refractivity contribution in [2.75, 3.05) is 27.4 Å². The lowest BCUT2D eigenvalue weighted by atomic mass is 10.0. The molecule has 0 aliphatic carbocycles. The number of rotatable bonds is 5. The molecule has 1 amide bonds. The molecule has 1 aliphatic rings. The predicted octanol–water partition coefficient (Wildman–Crippen LogP) is 1.54. The van der Waals surface area contributed by atoms with Gasteiger partial charge in [-0.05, 0) is 20.3 Å². The zero-order valence-electron chi connectivity index (χ0n) is 11.6. The van der Waals surface area contributed by atoms with Gasteiger partial charge in [-0.3, -0.25) is 4.79 Å². The van der Waals surface area contributed by atoms with Gasteiger partial charge in [0.15, 0.2) is 0 Å². The Kier molecular flexibility index (Phi) is 5.40. The summed E-state index contributed by atoms with van der Waals surface area (Å²) < 4.78 is 10.4. The maximum absolute atomic E-state index is 12.3. The third kappa shape index (κ3) is 3.42. The zero-order valence-corrected chi connectivity index (χ0v) is 11.6. The molecule has 0 N–H and O–H groups in total. The fourth-order valence-electron chi connectivity index (χ4n) is 2.47. The van der Waals surface area contributed by atoms with Crippen molar-refractivity contribution in [1.29, 1.82) is 0 Å². The molecule has 1 rings (SSSR count).